The largest absolute Gasteiger partial charge is 1.00 e. The van der Waals surface area contributed by atoms with Crippen LogP contribution >= 0.6 is 0 Å². The number of hydrogen-bond donors (Lipinski definition) is 0. The van der Waals surface area contributed by atoms with Gasteiger partial charge in [-0.05, 0) is 25.2 Å². The third-order valence-electron chi connectivity index (χ3n) is 2.67. The van der Waals surface area contributed by atoms with Crippen LogP contribution in [0, 0.1) is 5.92 Å². The van der Waals surface area contributed by atoms with Crippen molar-refractivity contribution >= 4 is 20.2 Å². The molecule has 2 atom stereocenters. The zero-order chi connectivity index (χ0) is 11.9. The van der Waals surface area contributed by atoms with Gasteiger partial charge in [0.1, 0.15) is 0 Å². The molecule has 6 nitrogen and oxygen atoms in total. The monoisotopic (exact) mass is 334 g/mol. The van der Waals surface area contributed by atoms with Crippen molar-refractivity contribution in [2.75, 3.05) is 0 Å². The molecule has 0 heterocycles. The van der Waals surface area contributed by atoms with Crippen LogP contribution in [0.3, 0.4) is 0 Å². The molecule has 0 spiro atoms. The Morgan fingerprint density at radius 1 is 0.824 bits per heavy atom. The van der Waals surface area contributed by atoms with E-state index in [1.807, 2.05) is 0 Å². The molecule has 0 aromatic carbocycles. The first-order valence-electron chi connectivity index (χ1n) is 4.50. The van der Waals surface area contributed by atoms with Crippen molar-refractivity contribution < 1.29 is 129 Å². The van der Waals surface area contributed by atoms with Gasteiger partial charge in [0.15, 0.2) is 0 Å². The Balaban J connectivity index is 0. The summed E-state index contributed by atoms with van der Waals surface area (Å²) in [5.74, 6) is -0.235. The summed E-state index contributed by atoms with van der Waals surface area (Å²) in [4.78, 5) is 0. The van der Waals surface area contributed by atoms with Crippen LogP contribution in [0.1, 0.15) is 26.2 Å². The molecule has 0 amide bonds. The van der Waals surface area contributed by atoms with Gasteiger partial charge >= 0.3 is 103 Å². The van der Waals surface area contributed by atoms with Crippen molar-refractivity contribution in [3.63, 3.8) is 0 Å². The Morgan fingerprint density at radius 2 is 1.12 bits per heavy atom. The molecule has 1 saturated carbocycles. The Hall–Kier alpha value is 3.09. The minimum atomic E-state index is -4.51. The number of rotatable bonds is 2. The van der Waals surface area contributed by atoms with E-state index >= 15 is 0 Å². The van der Waals surface area contributed by atoms with Gasteiger partial charge in [-0.3, -0.25) is 0 Å². The molecule has 10 heteroatoms. The molecular weight excluding hydrogens is 322 g/mol. The van der Waals surface area contributed by atoms with Crippen LogP contribution in [0.4, 0.5) is 0 Å². The number of hydrogen-bond acceptors (Lipinski definition) is 6. The standard InChI is InChI=1S/C7H14O6S2.2K/c1-5-2-6(14(8,9)10)4-7(3-5)15(11,12)13;;/h5-7H,2-4H2,1H3,(H,8,9,10)(H,11,12,13);;/q;2*+1/p-2. The quantitative estimate of drug-likeness (QED) is 0.366. The Labute approximate surface area is 187 Å². The molecule has 90 valence electrons. The molecule has 17 heavy (non-hydrogen) atoms. The van der Waals surface area contributed by atoms with Gasteiger partial charge < -0.3 is 9.11 Å². The minimum absolute atomic E-state index is 0. The van der Waals surface area contributed by atoms with E-state index in [1.165, 1.54) is 0 Å². The van der Waals surface area contributed by atoms with E-state index in [4.69, 9.17) is 0 Å². The summed E-state index contributed by atoms with van der Waals surface area (Å²) in [5, 5.41) is -2.48. The summed E-state index contributed by atoms with van der Waals surface area (Å²) in [6.45, 7) is 1.63. The van der Waals surface area contributed by atoms with Gasteiger partial charge in [-0.2, -0.15) is 0 Å². The predicted molar refractivity (Wildman–Crippen MR) is 50.0 cm³/mol. The molecule has 1 fully saturated rings. The zero-order valence-electron chi connectivity index (χ0n) is 10.1. The minimum Gasteiger partial charge on any atom is -0.748 e. The molecule has 0 N–H and O–H groups in total. The van der Waals surface area contributed by atoms with Crippen molar-refractivity contribution in [3.05, 3.63) is 0 Å². The average Bonchev–Trinajstić information content (AvgIpc) is 1.99. The van der Waals surface area contributed by atoms with Crippen molar-refractivity contribution in [1.82, 2.24) is 0 Å². The zero-order valence-corrected chi connectivity index (χ0v) is 18.0. The maximum Gasteiger partial charge on any atom is 1.00 e. The van der Waals surface area contributed by atoms with Crippen molar-refractivity contribution in [2.24, 2.45) is 5.92 Å². The van der Waals surface area contributed by atoms with Crippen molar-refractivity contribution in [3.8, 4) is 0 Å². The Kier molecular flexibility index (Phi) is 11.2. The van der Waals surface area contributed by atoms with Gasteiger partial charge in [0, 0.05) is 0 Å². The molecule has 0 aliphatic heterocycles. The van der Waals surface area contributed by atoms with E-state index in [2.05, 4.69) is 0 Å². The van der Waals surface area contributed by atoms with E-state index in [0.29, 0.717) is 0 Å². The topological polar surface area (TPSA) is 114 Å². The van der Waals surface area contributed by atoms with Gasteiger partial charge in [0.2, 0.25) is 0 Å². The van der Waals surface area contributed by atoms with Crippen LogP contribution in [0.15, 0.2) is 0 Å². The van der Waals surface area contributed by atoms with Crippen LogP contribution in [0.5, 0.6) is 0 Å². The molecule has 1 rings (SSSR count). The van der Waals surface area contributed by atoms with Gasteiger partial charge in [0.05, 0.1) is 30.7 Å². The van der Waals surface area contributed by atoms with E-state index in [0.717, 1.165) is 0 Å². The summed E-state index contributed by atoms with van der Waals surface area (Å²) in [7, 11) is -9.01. The second-order valence-electron chi connectivity index (χ2n) is 4.04. The predicted octanol–water partition coefficient (Wildman–Crippen LogP) is -6.36. The Bertz CT molecular complexity index is 391. The molecule has 0 aromatic heterocycles. The van der Waals surface area contributed by atoms with Crippen LogP contribution in [0.25, 0.3) is 0 Å². The maximum absolute atomic E-state index is 10.8. The third-order valence-corrected chi connectivity index (χ3v) is 5.08. The molecule has 0 aromatic rings. The fourth-order valence-electron chi connectivity index (χ4n) is 1.95. The molecule has 2 unspecified atom stereocenters. The summed E-state index contributed by atoms with van der Waals surface area (Å²) in [6, 6.07) is 0. The molecule has 0 saturated heterocycles. The summed E-state index contributed by atoms with van der Waals surface area (Å²) in [5.41, 5.74) is 0. The van der Waals surface area contributed by atoms with E-state index < -0.39 is 30.7 Å². The van der Waals surface area contributed by atoms with E-state index in [1.54, 1.807) is 6.92 Å². The van der Waals surface area contributed by atoms with Gasteiger partial charge in [0.25, 0.3) is 0 Å². The first-order valence-corrected chi connectivity index (χ1v) is 7.44. The van der Waals surface area contributed by atoms with Gasteiger partial charge in [-0.25, -0.2) is 16.8 Å². The van der Waals surface area contributed by atoms with E-state index in [9.17, 15) is 25.9 Å². The second-order valence-corrected chi connectivity index (χ2v) is 7.35. The van der Waals surface area contributed by atoms with Gasteiger partial charge in [-0.1, -0.05) is 6.92 Å². The molecule has 1 aliphatic rings. The first-order chi connectivity index (χ1) is 6.60. The Morgan fingerprint density at radius 3 is 1.35 bits per heavy atom. The molecule has 1 aliphatic carbocycles. The second kappa shape index (κ2) is 8.51. The van der Waals surface area contributed by atoms with Crippen LogP contribution in [0.2, 0.25) is 0 Å². The summed E-state index contributed by atoms with van der Waals surface area (Å²) >= 11 is 0. The normalized spacial score (nSPS) is 29.9. The van der Waals surface area contributed by atoms with Crippen molar-refractivity contribution in [1.29, 1.82) is 0 Å². The summed E-state index contributed by atoms with van der Waals surface area (Å²) in [6.07, 6.45) is -0.0856. The van der Waals surface area contributed by atoms with Gasteiger partial charge in [-0.15, -0.1) is 0 Å². The van der Waals surface area contributed by atoms with Crippen LogP contribution in [-0.4, -0.2) is 36.4 Å². The first kappa shape index (κ1) is 22.4. The molecule has 0 radical (unpaired) electrons. The summed E-state index contributed by atoms with van der Waals surface area (Å²) < 4.78 is 64.5. The maximum atomic E-state index is 10.8. The van der Waals surface area contributed by atoms with E-state index in [-0.39, 0.29) is 128 Å². The third kappa shape index (κ3) is 7.60. The fourth-order valence-corrected chi connectivity index (χ4v) is 4.14. The molecular formula is C7H12K2O6S2. The van der Waals surface area contributed by atoms with Crippen molar-refractivity contribution in [2.45, 2.75) is 36.7 Å². The van der Waals surface area contributed by atoms with Crippen LogP contribution in [-0.2, 0) is 20.2 Å². The smallest absolute Gasteiger partial charge is 0.748 e. The average molecular weight is 334 g/mol. The van der Waals surface area contributed by atoms with Crippen LogP contribution < -0.4 is 103 Å². The molecule has 0 bridgehead atoms. The fraction of sp³-hybridized carbons (Fsp3) is 1.00. The SMILES string of the molecule is CC1CC(S(=O)(=O)[O-])CC(S(=O)(=O)[O-])C1.[K+].[K+].